The Morgan fingerprint density at radius 2 is 1.84 bits per heavy atom. The summed E-state index contributed by atoms with van der Waals surface area (Å²) < 4.78 is 59.1. The Hall–Kier alpha value is -3.33. The first kappa shape index (κ1) is 23.3. The molecule has 2 aromatic carbocycles. The van der Waals surface area contributed by atoms with Crippen LogP contribution < -0.4 is 16.4 Å². The van der Waals surface area contributed by atoms with Crippen molar-refractivity contribution in [3.63, 3.8) is 0 Å². The molecule has 4 N–H and O–H groups in total. The molecule has 3 rings (SSSR count). The number of carbonyl (C=O) groups excluding carboxylic acids is 1. The van der Waals surface area contributed by atoms with Crippen molar-refractivity contribution in [3.8, 4) is 12.3 Å². The predicted molar refractivity (Wildman–Crippen MR) is 121 cm³/mol. The van der Waals surface area contributed by atoms with Crippen LogP contribution in [0.3, 0.4) is 0 Å². The normalized spacial score (nSPS) is 10.5. The average molecular weight is 554 g/mol. The van der Waals surface area contributed by atoms with E-state index in [0.717, 1.165) is 6.07 Å². The Kier molecular flexibility index (Phi) is 7.19. The highest BCUT2D eigenvalue weighted by molar-refractivity contribution is 14.1. The van der Waals surface area contributed by atoms with Gasteiger partial charge in [0.05, 0.1) is 23.5 Å². The third kappa shape index (κ3) is 4.94. The molecule has 10 heteroatoms. The molecule has 0 aliphatic rings. The van der Waals surface area contributed by atoms with Crippen molar-refractivity contribution < 1.29 is 22.4 Å². The highest BCUT2D eigenvalue weighted by atomic mass is 127. The lowest BCUT2D eigenvalue weighted by Crippen LogP contribution is -2.25. The van der Waals surface area contributed by atoms with Crippen LogP contribution in [-0.4, -0.2) is 17.4 Å². The number of amides is 1. The molecule has 0 radical (unpaired) electrons. The molecule has 0 atom stereocenters. The second-order valence-corrected chi connectivity index (χ2v) is 7.81. The van der Waals surface area contributed by atoms with Crippen molar-refractivity contribution >= 4 is 45.7 Å². The molecule has 0 aliphatic heterocycles. The van der Waals surface area contributed by atoms with Crippen LogP contribution in [0.15, 0.2) is 36.5 Å². The van der Waals surface area contributed by atoms with Gasteiger partial charge >= 0.3 is 0 Å². The van der Waals surface area contributed by atoms with E-state index in [9.17, 15) is 18.0 Å². The Morgan fingerprint density at radius 1 is 1.09 bits per heavy atom. The summed E-state index contributed by atoms with van der Waals surface area (Å²) >= 11 is 1.89. The van der Waals surface area contributed by atoms with Crippen LogP contribution in [0.25, 0.3) is 0 Å². The minimum Gasteiger partial charge on any atom is -0.381 e. The molecule has 0 saturated heterocycles. The Labute approximate surface area is 194 Å². The molecule has 0 unspecified atom stereocenters. The third-order valence-electron chi connectivity index (χ3n) is 4.45. The lowest BCUT2D eigenvalue weighted by atomic mass is 9.99. The molecule has 5 nitrogen and oxygen atoms in total. The SMILES string of the molecule is C#CCNC(=O)c1cc(Cc2ccnc(N)c2F)c(F)c(F)c1Nc1ccc(I)cc1F. The largest absolute Gasteiger partial charge is 0.381 e. The molecule has 164 valence electrons. The molecule has 0 bridgehead atoms. The van der Waals surface area contributed by atoms with E-state index in [1.807, 2.05) is 22.6 Å². The van der Waals surface area contributed by atoms with E-state index in [2.05, 4.69) is 21.5 Å². The van der Waals surface area contributed by atoms with E-state index in [1.54, 1.807) is 6.07 Å². The van der Waals surface area contributed by atoms with Crippen molar-refractivity contribution in [3.05, 3.63) is 80.1 Å². The van der Waals surface area contributed by atoms with Gasteiger partial charge in [-0.05, 0) is 64.0 Å². The van der Waals surface area contributed by atoms with Gasteiger partial charge in [-0.3, -0.25) is 4.79 Å². The lowest BCUT2D eigenvalue weighted by Gasteiger charge is -2.17. The Morgan fingerprint density at radius 3 is 2.53 bits per heavy atom. The maximum atomic E-state index is 15.1. The van der Waals surface area contributed by atoms with Crippen molar-refractivity contribution in [2.45, 2.75) is 6.42 Å². The number of nitrogens with two attached hydrogens (primary N) is 1. The number of hydrogen-bond donors (Lipinski definition) is 3. The second kappa shape index (κ2) is 9.86. The lowest BCUT2D eigenvalue weighted by molar-refractivity contribution is 0.0959. The van der Waals surface area contributed by atoms with Gasteiger partial charge in [-0.2, -0.15) is 0 Å². The van der Waals surface area contributed by atoms with Crippen LogP contribution in [-0.2, 0) is 6.42 Å². The van der Waals surface area contributed by atoms with Gasteiger partial charge in [0.25, 0.3) is 5.91 Å². The fourth-order valence-electron chi connectivity index (χ4n) is 2.90. The number of hydrogen-bond acceptors (Lipinski definition) is 4. The Bertz CT molecular complexity index is 1240. The molecule has 32 heavy (non-hydrogen) atoms. The van der Waals surface area contributed by atoms with E-state index in [0.29, 0.717) is 3.57 Å². The summed E-state index contributed by atoms with van der Waals surface area (Å²) in [4.78, 5) is 16.2. The van der Waals surface area contributed by atoms with Gasteiger partial charge in [0.2, 0.25) is 0 Å². The number of nitrogens with zero attached hydrogens (tertiary/aromatic N) is 1. The smallest absolute Gasteiger partial charge is 0.254 e. The van der Waals surface area contributed by atoms with Crippen LogP contribution in [0, 0.1) is 39.2 Å². The number of aromatic nitrogens is 1. The van der Waals surface area contributed by atoms with Crippen molar-refractivity contribution in [1.82, 2.24) is 10.3 Å². The summed E-state index contributed by atoms with van der Waals surface area (Å²) in [6.07, 6.45) is 5.96. The zero-order valence-electron chi connectivity index (χ0n) is 16.3. The second-order valence-electron chi connectivity index (χ2n) is 6.57. The minimum atomic E-state index is -1.44. The summed E-state index contributed by atoms with van der Waals surface area (Å²) in [6, 6.07) is 6.35. The minimum absolute atomic E-state index is 0.0461. The van der Waals surface area contributed by atoms with Crippen molar-refractivity contribution in [2.75, 3.05) is 17.6 Å². The maximum Gasteiger partial charge on any atom is 0.254 e. The van der Waals surface area contributed by atoms with Crippen LogP contribution in [0.5, 0.6) is 0 Å². The van der Waals surface area contributed by atoms with Gasteiger partial charge in [-0.1, -0.05) is 5.92 Å². The monoisotopic (exact) mass is 554 g/mol. The molecule has 1 amide bonds. The fraction of sp³-hybridized carbons (Fsp3) is 0.0909. The van der Waals surface area contributed by atoms with Crippen molar-refractivity contribution in [2.24, 2.45) is 0 Å². The first-order valence-electron chi connectivity index (χ1n) is 9.06. The fourth-order valence-corrected chi connectivity index (χ4v) is 3.36. The van der Waals surface area contributed by atoms with E-state index in [4.69, 9.17) is 12.2 Å². The first-order chi connectivity index (χ1) is 15.2. The summed E-state index contributed by atoms with van der Waals surface area (Å²) in [7, 11) is 0. The van der Waals surface area contributed by atoms with E-state index >= 15 is 4.39 Å². The number of terminal acetylenes is 1. The molecular weight excluding hydrogens is 539 g/mol. The molecule has 0 saturated carbocycles. The standard InChI is InChI=1S/C22H15F4IN4O/c1-2-6-30-22(32)14-9-12(8-11-5-7-29-21(28)18(11)25)17(24)19(26)20(14)31-16-4-3-13(27)10-15(16)23/h1,3-5,7,9-10,31H,6,8H2,(H2,28,29)(H,30,32). The number of halogens is 5. The zero-order valence-corrected chi connectivity index (χ0v) is 18.4. The molecular formula is C22H15F4IN4O. The van der Waals surface area contributed by atoms with E-state index < -0.39 is 47.1 Å². The van der Waals surface area contributed by atoms with Gasteiger partial charge < -0.3 is 16.4 Å². The van der Waals surface area contributed by atoms with Gasteiger partial charge in [0, 0.05) is 16.2 Å². The topological polar surface area (TPSA) is 80.0 Å². The highest BCUT2D eigenvalue weighted by Crippen LogP contribution is 2.32. The number of pyridine rings is 1. The van der Waals surface area contributed by atoms with Gasteiger partial charge in [-0.25, -0.2) is 22.5 Å². The molecule has 0 spiro atoms. The van der Waals surface area contributed by atoms with Crippen LogP contribution >= 0.6 is 22.6 Å². The molecule has 1 heterocycles. The number of anilines is 3. The van der Waals surface area contributed by atoms with Crippen LogP contribution in [0.1, 0.15) is 21.5 Å². The number of carbonyl (C=O) groups is 1. The molecule has 3 aromatic rings. The maximum absolute atomic E-state index is 15.1. The number of rotatable bonds is 6. The summed E-state index contributed by atoms with van der Waals surface area (Å²) in [6.45, 7) is -0.181. The molecule has 1 aromatic heterocycles. The summed E-state index contributed by atoms with van der Waals surface area (Å²) in [5.74, 6) is -3.41. The summed E-state index contributed by atoms with van der Waals surface area (Å²) in [5, 5.41) is 4.79. The van der Waals surface area contributed by atoms with Gasteiger partial charge in [0.1, 0.15) is 5.82 Å². The molecule has 0 aliphatic carbocycles. The summed E-state index contributed by atoms with van der Waals surface area (Å²) in [5.41, 5.74) is 3.97. The van der Waals surface area contributed by atoms with Gasteiger partial charge in [-0.15, -0.1) is 6.42 Å². The number of nitrogen functional groups attached to an aromatic ring is 1. The third-order valence-corrected chi connectivity index (χ3v) is 5.12. The number of benzene rings is 2. The molecule has 0 fully saturated rings. The van der Waals surface area contributed by atoms with Crippen LogP contribution in [0.4, 0.5) is 34.8 Å². The Balaban J connectivity index is 2.11. The van der Waals surface area contributed by atoms with Crippen LogP contribution in [0.2, 0.25) is 0 Å². The zero-order chi connectivity index (χ0) is 23.4. The van der Waals surface area contributed by atoms with Gasteiger partial charge in [0.15, 0.2) is 23.3 Å². The van der Waals surface area contributed by atoms with E-state index in [1.165, 1.54) is 24.4 Å². The van der Waals surface area contributed by atoms with Crippen molar-refractivity contribution in [1.29, 1.82) is 0 Å². The highest BCUT2D eigenvalue weighted by Gasteiger charge is 2.24. The quantitative estimate of drug-likeness (QED) is 0.238. The van der Waals surface area contributed by atoms with E-state index in [-0.39, 0.29) is 28.9 Å². The number of nitrogens with one attached hydrogen (secondary N) is 2. The average Bonchev–Trinajstić information content (AvgIpc) is 2.76. The first-order valence-corrected chi connectivity index (χ1v) is 10.1. The predicted octanol–water partition coefficient (Wildman–Crippen LogP) is 4.52.